The molecule has 0 fully saturated rings. The number of hydrogen-bond donors (Lipinski definition) is 0. The van der Waals surface area contributed by atoms with Crippen molar-refractivity contribution in [1.29, 1.82) is 0 Å². The van der Waals surface area contributed by atoms with E-state index >= 15 is 0 Å². The zero-order valence-electron chi connectivity index (χ0n) is 21.6. The molecule has 4 rings (SSSR count). The topological polar surface area (TPSA) is 87.1 Å². The second-order valence-corrected chi connectivity index (χ2v) is 8.52. The summed E-state index contributed by atoms with van der Waals surface area (Å²) in [6.45, 7) is 5.51. The monoisotopic (exact) mass is 500 g/mol. The number of para-hydroxylation sites is 1. The van der Waals surface area contributed by atoms with Crippen LogP contribution in [0.5, 0.6) is 5.75 Å². The molecule has 0 bridgehead atoms. The van der Waals surface area contributed by atoms with E-state index in [1.807, 2.05) is 36.6 Å². The standard InChI is InChI=1S/C29H28N2O6/c1-17-15-20(18(2)30(17)25-10-8-7-9-23(25)28(33)36-5)16-24-26(29(34)37-6)19(3)31(27(24)32)21-11-13-22(35-4)14-12-21/h7-16H,1-6H3/b24-16-. The number of carbonyl (C=O) groups excluding carboxylic acids is 3. The van der Waals surface area contributed by atoms with Crippen molar-refractivity contribution < 1.29 is 28.6 Å². The first-order valence-electron chi connectivity index (χ1n) is 11.6. The van der Waals surface area contributed by atoms with Gasteiger partial charge in [-0.3, -0.25) is 9.69 Å². The van der Waals surface area contributed by atoms with E-state index in [0.29, 0.717) is 28.4 Å². The Morgan fingerprint density at radius 2 is 1.51 bits per heavy atom. The lowest BCUT2D eigenvalue weighted by Gasteiger charge is -2.18. The van der Waals surface area contributed by atoms with Gasteiger partial charge in [-0.1, -0.05) is 12.1 Å². The van der Waals surface area contributed by atoms with Gasteiger partial charge in [-0.2, -0.15) is 0 Å². The number of ether oxygens (including phenoxy) is 3. The van der Waals surface area contributed by atoms with Crippen molar-refractivity contribution in [3.63, 3.8) is 0 Å². The molecule has 0 N–H and O–H groups in total. The maximum Gasteiger partial charge on any atom is 0.340 e. The highest BCUT2D eigenvalue weighted by atomic mass is 16.5. The summed E-state index contributed by atoms with van der Waals surface area (Å²) in [5.74, 6) is -0.739. The maximum atomic E-state index is 13.7. The van der Waals surface area contributed by atoms with Crippen molar-refractivity contribution >= 4 is 29.6 Å². The summed E-state index contributed by atoms with van der Waals surface area (Å²) in [5.41, 5.74) is 4.93. The number of aromatic nitrogens is 1. The number of methoxy groups -OCH3 is 3. The normalized spacial score (nSPS) is 14.4. The Labute approximate surface area is 215 Å². The molecule has 0 aliphatic carbocycles. The van der Waals surface area contributed by atoms with Crippen molar-refractivity contribution in [1.82, 2.24) is 4.57 Å². The van der Waals surface area contributed by atoms with Crippen LogP contribution in [0, 0.1) is 13.8 Å². The molecular formula is C29H28N2O6. The minimum absolute atomic E-state index is 0.197. The smallest absolute Gasteiger partial charge is 0.340 e. The molecule has 0 unspecified atom stereocenters. The molecule has 0 radical (unpaired) electrons. The van der Waals surface area contributed by atoms with E-state index in [9.17, 15) is 14.4 Å². The molecule has 8 heteroatoms. The molecule has 1 aliphatic rings. The van der Waals surface area contributed by atoms with E-state index < -0.39 is 11.9 Å². The molecule has 0 saturated carbocycles. The van der Waals surface area contributed by atoms with Crippen LogP contribution in [-0.2, 0) is 19.1 Å². The highest BCUT2D eigenvalue weighted by Gasteiger charge is 2.38. The van der Waals surface area contributed by atoms with Crippen LogP contribution in [0.25, 0.3) is 11.8 Å². The number of allylic oxidation sites excluding steroid dienone is 1. The van der Waals surface area contributed by atoms with Gasteiger partial charge in [-0.15, -0.1) is 0 Å². The number of nitrogens with zero attached hydrogens (tertiary/aromatic N) is 2. The molecule has 2 aromatic carbocycles. The largest absolute Gasteiger partial charge is 0.497 e. The second-order valence-electron chi connectivity index (χ2n) is 8.52. The summed E-state index contributed by atoms with van der Waals surface area (Å²) in [4.78, 5) is 40.4. The Morgan fingerprint density at radius 3 is 2.14 bits per heavy atom. The van der Waals surface area contributed by atoms with Crippen LogP contribution in [0.4, 0.5) is 5.69 Å². The van der Waals surface area contributed by atoms with Gasteiger partial charge in [0, 0.05) is 22.8 Å². The van der Waals surface area contributed by atoms with Crippen LogP contribution < -0.4 is 9.64 Å². The lowest BCUT2D eigenvalue weighted by atomic mass is 10.0. The van der Waals surface area contributed by atoms with Crippen molar-refractivity contribution in [3.8, 4) is 11.4 Å². The van der Waals surface area contributed by atoms with Crippen LogP contribution in [0.3, 0.4) is 0 Å². The molecule has 0 saturated heterocycles. The third kappa shape index (κ3) is 4.42. The van der Waals surface area contributed by atoms with Crippen molar-refractivity contribution in [2.24, 2.45) is 0 Å². The highest BCUT2D eigenvalue weighted by molar-refractivity contribution is 6.23. The molecule has 2 heterocycles. The summed E-state index contributed by atoms with van der Waals surface area (Å²) in [6, 6.07) is 16.1. The molecule has 0 spiro atoms. The van der Waals surface area contributed by atoms with Gasteiger partial charge in [0.15, 0.2) is 0 Å². The summed E-state index contributed by atoms with van der Waals surface area (Å²) in [5, 5.41) is 0. The van der Waals surface area contributed by atoms with E-state index in [0.717, 1.165) is 17.0 Å². The Hall–Kier alpha value is -4.59. The number of aryl methyl sites for hydroxylation is 1. The van der Waals surface area contributed by atoms with Gasteiger partial charge < -0.3 is 18.8 Å². The van der Waals surface area contributed by atoms with Crippen molar-refractivity contribution in [2.45, 2.75) is 20.8 Å². The Bertz CT molecular complexity index is 1460. The Morgan fingerprint density at radius 1 is 0.865 bits per heavy atom. The fraction of sp³-hybridized carbons (Fsp3) is 0.207. The molecule has 1 amide bonds. The van der Waals surface area contributed by atoms with E-state index in [2.05, 4.69) is 0 Å². The predicted octanol–water partition coefficient (Wildman–Crippen LogP) is 4.77. The fourth-order valence-corrected chi connectivity index (χ4v) is 4.63. The average Bonchev–Trinajstić information content (AvgIpc) is 3.33. The van der Waals surface area contributed by atoms with E-state index in [1.165, 1.54) is 19.1 Å². The van der Waals surface area contributed by atoms with Gasteiger partial charge in [-0.05, 0) is 74.9 Å². The molecule has 3 aromatic rings. The van der Waals surface area contributed by atoms with Gasteiger partial charge >= 0.3 is 11.9 Å². The molecule has 0 atom stereocenters. The summed E-state index contributed by atoms with van der Waals surface area (Å²) in [6.07, 6.45) is 1.70. The SMILES string of the molecule is COC(=O)C1=C(C)N(c2ccc(OC)cc2)C(=O)/C1=C\c1cc(C)n(-c2ccccc2C(=O)OC)c1C. The van der Waals surface area contributed by atoms with Gasteiger partial charge in [0.05, 0.1) is 43.7 Å². The van der Waals surface area contributed by atoms with Gasteiger partial charge in [0.25, 0.3) is 5.91 Å². The number of esters is 2. The molecule has 8 nitrogen and oxygen atoms in total. The predicted molar refractivity (Wildman–Crippen MR) is 140 cm³/mol. The fourth-order valence-electron chi connectivity index (χ4n) is 4.63. The minimum Gasteiger partial charge on any atom is -0.497 e. The van der Waals surface area contributed by atoms with Gasteiger partial charge in [0.1, 0.15) is 5.75 Å². The van der Waals surface area contributed by atoms with Crippen LogP contribution in [0.1, 0.15) is 34.2 Å². The van der Waals surface area contributed by atoms with Crippen LogP contribution in [-0.4, -0.2) is 43.7 Å². The Balaban J connectivity index is 1.85. The first-order valence-corrected chi connectivity index (χ1v) is 11.6. The summed E-state index contributed by atoms with van der Waals surface area (Å²) in [7, 11) is 4.20. The first kappa shape index (κ1) is 25.5. The third-order valence-electron chi connectivity index (χ3n) is 6.44. The summed E-state index contributed by atoms with van der Waals surface area (Å²) >= 11 is 0. The van der Waals surface area contributed by atoms with E-state index in [4.69, 9.17) is 14.2 Å². The first-order chi connectivity index (χ1) is 17.7. The molecule has 37 heavy (non-hydrogen) atoms. The lowest BCUT2D eigenvalue weighted by molar-refractivity contribution is -0.136. The van der Waals surface area contributed by atoms with E-state index in [-0.39, 0.29) is 17.1 Å². The average molecular weight is 501 g/mol. The quantitative estimate of drug-likeness (QED) is 0.358. The molecule has 1 aromatic heterocycles. The van der Waals surface area contributed by atoms with Crippen LogP contribution in [0.15, 0.2) is 71.4 Å². The second kappa shape index (κ2) is 10.2. The lowest BCUT2D eigenvalue weighted by Crippen LogP contribution is -2.24. The van der Waals surface area contributed by atoms with Crippen molar-refractivity contribution in [2.75, 3.05) is 26.2 Å². The number of anilines is 1. The zero-order valence-corrected chi connectivity index (χ0v) is 21.6. The van der Waals surface area contributed by atoms with Gasteiger partial charge in [0.2, 0.25) is 0 Å². The number of carbonyl (C=O) groups is 3. The van der Waals surface area contributed by atoms with Crippen LogP contribution >= 0.6 is 0 Å². The number of hydrogen-bond acceptors (Lipinski definition) is 6. The van der Waals surface area contributed by atoms with E-state index in [1.54, 1.807) is 56.5 Å². The summed E-state index contributed by atoms with van der Waals surface area (Å²) < 4.78 is 17.1. The molecule has 1 aliphatic heterocycles. The highest BCUT2D eigenvalue weighted by Crippen LogP contribution is 2.37. The third-order valence-corrected chi connectivity index (χ3v) is 6.44. The Kier molecular flexibility index (Phi) is 7.02. The van der Waals surface area contributed by atoms with Crippen molar-refractivity contribution in [3.05, 3.63) is 94.0 Å². The van der Waals surface area contributed by atoms with Gasteiger partial charge in [-0.25, -0.2) is 9.59 Å². The van der Waals surface area contributed by atoms with Crippen LogP contribution in [0.2, 0.25) is 0 Å². The number of benzene rings is 2. The molecule has 190 valence electrons. The number of amides is 1. The maximum absolute atomic E-state index is 13.7. The minimum atomic E-state index is -0.599. The number of rotatable bonds is 6. The zero-order chi connectivity index (χ0) is 26.9. The molecular weight excluding hydrogens is 472 g/mol.